The van der Waals surface area contributed by atoms with E-state index in [1.807, 2.05) is 56.6 Å². The third-order valence-electron chi connectivity index (χ3n) is 3.79. The Morgan fingerprint density at radius 2 is 1.79 bits per heavy atom. The first-order valence-electron chi connectivity index (χ1n) is 8.04. The molecule has 4 nitrogen and oxygen atoms in total. The zero-order chi connectivity index (χ0) is 16.9. The van der Waals surface area contributed by atoms with Crippen molar-refractivity contribution in [3.05, 3.63) is 64.8 Å². The maximum atomic E-state index is 12.2. The number of para-hydroxylation sites is 1. The Balaban J connectivity index is 1.75. The van der Waals surface area contributed by atoms with E-state index < -0.39 is 0 Å². The third-order valence-corrected chi connectivity index (χ3v) is 3.79. The minimum Gasteiger partial charge on any atom is -0.494 e. The monoisotopic (exact) mass is 323 g/mol. The molecule has 3 aromatic rings. The molecule has 4 heteroatoms. The molecule has 3 rings (SSSR count). The summed E-state index contributed by atoms with van der Waals surface area (Å²) in [5.74, 6) is 1.39. The van der Waals surface area contributed by atoms with Gasteiger partial charge in [0.2, 0.25) is 0 Å². The minimum absolute atomic E-state index is 0.0316. The summed E-state index contributed by atoms with van der Waals surface area (Å²) in [7, 11) is 4.10. The number of rotatable bonds is 6. The summed E-state index contributed by atoms with van der Waals surface area (Å²) in [6, 6.07) is 16.4. The summed E-state index contributed by atoms with van der Waals surface area (Å²) in [6.45, 7) is 1.68. The van der Waals surface area contributed by atoms with Gasteiger partial charge in [0.05, 0.1) is 12.0 Å². The molecular formula is C20H21NO3. The topological polar surface area (TPSA) is 42.7 Å². The van der Waals surface area contributed by atoms with E-state index in [2.05, 4.69) is 4.90 Å². The SMILES string of the molecule is CN(C)CCCOc1ccc(-c2cc(=O)c3ccccc3o2)cc1. The molecule has 0 fully saturated rings. The fourth-order valence-electron chi connectivity index (χ4n) is 2.53. The number of benzene rings is 2. The summed E-state index contributed by atoms with van der Waals surface area (Å²) in [5, 5.41) is 0.599. The van der Waals surface area contributed by atoms with Gasteiger partial charge in [-0.15, -0.1) is 0 Å². The first-order valence-corrected chi connectivity index (χ1v) is 8.04. The number of hydrogen-bond donors (Lipinski definition) is 0. The second kappa shape index (κ2) is 7.32. The second-order valence-electron chi connectivity index (χ2n) is 6.00. The van der Waals surface area contributed by atoms with Gasteiger partial charge in [0.1, 0.15) is 17.1 Å². The molecule has 0 N–H and O–H groups in total. The van der Waals surface area contributed by atoms with Crippen LogP contribution in [0.4, 0.5) is 0 Å². The van der Waals surface area contributed by atoms with Gasteiger partial charge in [-0.3, -0.25) is 4.79 Å². The number of ether oxygens (including phenoxy) is 1. The largest absolute Gasteiger partial charge is 0.494 e. The van der Waals surface area contributed by atoms with Crippen molar-refractivity contribution < 1.29 is 9.15 Å². The number of hydrogen-bond acceptors (Lipinski definition) is 4. The normalized spacial score (nSPS) is 11.1. The number of nitrogens with zero attached hydrogens (tertiary/aromatic N) is 1. The van der Waals surface area contributed by atoms with Crippen LogP contribution in [0.1, 0.15) is 6.42 Å². The molecule has 2 aromatic carbocycles. The van der Waals surface area contributed by atoms with Gasteiger partial charge in [-0.05, 0) is 56.9 Å². The summed E-state index contributed by atoms with van der Waals surface area (Å²) >= 11 is 0. The van der Waals surface area contributed by atoms with E-state index in [-0.39, 0.29) is 5.43 Å². The van der Waals surface area contributed by atoms with Crippen molar-refractivity contribution in [3.8, 4) is 17.1 Å². The van der Waals surface area contributed by atoms with Crippen molar-refractivity contribution in [3.63, 3.8) is 0 Å². The van der Waals surface area contributed by atoms with Gasteiger partial charge >= 0.3 is 0 Å². The lowest BCUT2D eigenvalue weighted by molar-refractivity contribution is 0.281. The van der Waals surface area contributed by atoms with Gasteiger partial charge in [-0.1, -0.05) is 12.1 Å². The van der Waals surface area contributed by atoms with E-state index in [1.165, 1.54) is 6.07 Å². The van der Waals surface area contributed by atoms with Gasteiger partial charge < -0.3 is 14.1 Å². The summed E-state index contributed by atoms with van der Waals surface area (Å²) < 4.78 is 11.6. The maximum absolute atomic E-state index is 12.2. The van der Waals surface area contributed by atoms with Crippen molar-refractivity contribution >= 4 is 11.0 Å². The molecule has 0 bridgehead atoms. The first kappa shape index (κ1) is 16.3. The minimum atomic E-state index is -0.0316. The molecular weight excluding hydrogens is 302 g/mol. The second-order valence-corrected chi connectivity index (χ2v) is 6.00. The molecule has 0 spiro atoms. The molecule has 0 aliphatic rings. The predicted molar refractivity (Wildman–Crippen MR) is 96.6 cm³/mol. The molecule has 0 saturated carbocycles. The Labute approximate surface area is 141 Å². The van der Waals surface area contributed by atoms with E-state index in [0.29, 0.717) is 23.3 Å². The predicted octanol–water partition coefficient (Wildman–Crippen LogP) is 3.79. The van der Waals surface area contributed by atoms with Gasteiger partial charge in [0.15, 0.2) is 5.43 Å². The smallest absolute Gasteiger partial charge is 0.193 e. The van der Waals surface area contributed by atoms with Gasteiger partial charge in [0, 0.05) is 18.2 Å². The molecule has 124 valence electrons. The van der Waals surface area contributed by atoms with Gasteiger partial charge in [-0.2, -0.15) is 0 Å². The van der Waals surface area contributed by atoms with E-state index in [1.54, 1.807) is 6.07 Å². The lowest BCUT2D eigenvalue weighted by atomic mass is 10.1. The van der Waals surface area contributed by atoms with Crippen molar-refractivity contribution in [1.82, 2.24) is 4.90 Å². The molecule has 24 heavy (non-hydrogen) atoms. The summed E-state index contributed by atoms with van der Waals surface area (Å²) in [5.41, 5.74) is 1.43. The van der Waals surface area contributed by atoms with E-state index >= 15 is 0 Å². The van der Waals surface area contributed by atoms with Crippen LogP contribution < -0.4 is 10.2 Å². The average Bonchev–Trinajstić information content (AvgIpc) is 2.59. The Kier molecular flexibility index (Phi) is 4.96. The van der Waals surface area contributed by atoms with Crippen molar-refractivity contribution in [1.29, 1.82) is 0 Å². The summed E-state index contributed by atoms with van der Waals surface area (Å²) in [4.78, 5) is 14.3. The van der Waals surface area contributed by atoms with Crippen LogP contribution in [-0.4, -0.2) is 32.1 Å². The molecule has 1 heterocycles. The van der Waals surface area contributed by atoms with Gasteiger partial charge in [0.25, 0.3) is 0 Å². The van der Waals surface area contributed by atoms with Crippen molar-refractivity contribution in [2.24, 2.45) is 0 Å². The molecule has 0 atom stereocenters. The average molecular weight is 323 g/mol. The van der Waals surface area contributed by atoms with E-state index in [0.717, 1.165) is 24.3 Å². The highest BCUT2D eigenvalue weighted by atomic mass is 16.5. The Hall–Kier alpha value is -2.59. The molecule has 0 unspecified atom stereocenters. The first-order chi connectivity index (χ1) is 11.6. The number of fused-ring (bicyclic) bond motifs is 1. The van der Waals surface area contributed by atoms with Crippen LogP contribution in [0.2, 0.25) is 0 Å². The Bertz CT molecular complexity index is 866. The molecule has 0 radical (unpaired) electrons. The highest BCUT2D eigenvalue weighted by Crippen LogP contribution is 2.24. The van der Waals surface area contributed by atoms with E-state index in [9.17, 15) is 4.79 Å². The van der Waals surface area contributed by atoms with Crippen molar-refractivity contribution in [2.45, 2.75) is 6.42 Å². The van der Waals surface area contributed by atoms with Crippen LogP contribution >= 0.6 is 0 Å². The lowest BCUT2D eigenvalue weighted by Crippen LogP contribution is -2.15. The Morgan fingerprint density at radius 1 is 1.04 bits per heavy atom. The van der Waals surface area contributed by atoms with E-state index in [4.69, 9.17) is 9.15 Å². The summed E-state index contributed by atoms with van der Waals surface area (Å²) in [6.07, 6.45) is 0.980. The third kappa shape index (κ3) is 3.84. The maximum Gasteiger partial charge on any atom is 0.193 e. The fourth-order valence-corrected chi connectivity index (χ4v) is 2.53. The molecule has 0 aliphatic heterocycles. The molecule has 0 aliphatic carbocycles. The Morgan fingerprint density at radius 3 is 2.54 bits per heavy atom. The van der Waals surface area contributed by atoms with Crippen LogP contribution in [-0.2, 0) is 0 Å². The zero-order valence-corrected chi connectivity index (χ0v) is 14.0. The fraction of sp³-hybridized carbons (Fsp3) is 0.250. The van der Waals surface area contributed by atoms with Crippen molar-refractivity contribution in [2.75, 3.05) is 27.2 Å². The highest BCUT2D eigenvalue weighted by molar-refractivity contribution is 5.78. The standard InChI is InChI=1S/C20H21NO3/c1-21(2)12-5-13-23-16-10-8-15(9-11-16)20-14-18(22)17-6-3-4-7-19(17)24-20/h3-4,6-11,14H,5,12-13H2,1-2H3. The zero-order valence-electron chi connectivity index (χ0n) is 14.0. The quantitative estimate of drug-likeness (QED) is 0.647. The van der Waals surface area contributed by atoms with Crippen LogP contribution in [0.25, 0.3) is 22.3 Å². The molecule has 0 saturated heterocycles. The van der Waals surface area contributed by atoms with Crippen LogP contribution in [0.15, 0.2) is 63.8 Å². The van der Waals surface area contributed by atoms with Crippen LogP contribution in [0, 0.1) is 0 Å². The lowest BCUT2D eigenvalue weighted by Gasteiger charge is -2.10. The van der Waals surface area contributed by atoms with Gasteiger partial charge in [-0.25, -0.2) is 0 Å². The van der Waals surface area contributed by atoms with Crippen LogP contribution in [0.5, 0.6) is 5.75 Å². The van der Waals surface area contributed by atoms with Crippen LogP contribution in [0.3, 0.4) is 0 Å². The highest BCUT2D eigenvalue weighted by Gasteiger charge is 2.06. The molecule has 0 amide bonds. The molecule has 1 aromatic heterocycles.